The highest BCUT2D eigenvalue weighted by Gasteiger charge is 2.04. The number of aryl methyl sites for hydroxylation is 1. The van der Waals surface area contributed by atoms with Crippen molar-refractivity contribution in [3.8, 4) is 0 Å². The molecule has 0 bridgehead atoms. The minimum absolute atomic E-state index is 0.279. The molecule has 0 unspecified atom stereocenters. The van der Waals surface area contributed by atoms with Gasteiger partial charge in [-0.25, -0.2) is 4.79 Å². The number of aromatic nitrogens is 1. The maximum atomic E-state index is 10.5. The van der Waals surface area contributed by atoms with Gasteiger partial charge in [0, 0.05) is 5.69 Å². The van der Waals surface area contributed by atoms with Gasteiger partial charge in [0.25, 0.3) is 0 Å². The number of hydrogen-bond donors (Lipinski definition) is 2. The van der Waals surface area contributed by atoms with Crippen LogP contribution in [0.15, 0.2) is 12.1 Å². The molecular formula is C9H13NO2. The van der Waals surface area contributed by atoms with Gasteiger partial charge in [-0.05, 0) is 25.0 Å². The smallest absolute Gasteiger partial charge is 0.352 e. The predicted molar refractivity (Wildman–Crippen MR) is 46.4 cm³/mol. The van der Waals surface area contributed by atoms with Crippen molar-refractivity contribution in [3.05, 3.63) is 23.5 Å². The molecule has 0 saturated carbocycles. The zero-order valence-electron chi connectivity index (χ0n) is 7.13. The minimum atomic E-state index is -0.891. The maximum Gasteiger partial charge on any atom is 0.352 e. The van der Waals surface area contributed by atoms with Crippen molar-refractivity contribution >= 4 is 5.97 Å². The van der Waals surface area contributed by atoms with Crippen LogP contribution < -0.4 is 0 Å². The zero-order chi connectivity index (χ0) is 8.97. The second-order valence-corrected chi connectivity index (χ2v) is 2.81. The lowest BCUT2D eigenvalue weighted by molar-refractivity contribution is 0.0691. The Hall–Kier alpha value is -1.25. The van der Waals surface area contributed by atoms with E-state index < -0.39 is 5.97 Å². The van der Waals surface area contributed by atoms with E-state index in [4.69, 9.17) is 5.11 Å². The molecule has 1 heterocycles. The Morgan fingerprint density at radius 1 is 1.58 bits per heavy atom. The number of carboxylic acid groups (broad SMARTS) is 1. The number of aromatic amines is 1. The summed E-state index contributed by atoms with van der Waals surface area (Å²) in [6.45, 7) is 2.11. The Morgan fingerprint density at radius 3 is 2.83 bits per heavy atom. The Balaban J connectivity index is 2.58. The van der Waals surface area contributed by atoms with Gasteiger partial charge >= 0.3 is 5.97 Å². The first-order chi connectivity index (χ1) is 5.74. The van der Waals surface area contributed by atoms with Crippen LogP contribution in [0.4, 0.5) is 0 Å². The molecule has 0 aliphatic carbocycles. The first-order valence-corrected chi connectivity index (χ1v) is 4.15. The second-order valence-electron chi connectivity index (χ2n) is 2.81. The van der Waals surface area contributed by atoms with Gasteiger partial charge in [0.1, 0.15) is 5.69 Å². The molecule has 66 valence electrons. The first kappa shape index (κ1) is 8.84. The molecule has 12 heavy (non-hydrogen) atoms. The van der Waals surface area contributed by atoms with E-state index in [0.717, 1.165) is 25.0 Å². The lowest BCUT2D eigenvalue weighted by atomic mass is 10.2. The van der Waals surface area contributed by atoms with Crippen LogP contribution in [0.1, 0.15) is 35.9 Å². The van der Waals surface area contributed by atoms with Crippen molar-refractivity contribution < 1.29 is 9.90 Å². The van der Waals surface area contributed by atoms with E-state index in [9.17, 15) is 4.79 Å². The number of rotatable bonds is 4. The van der Waals surface area contributed by atoms with E-state index in [1.165, 1.54) is 0 Å². The van der Waals surface area contributed by atoms with Crippen molar-refractivity contribution in [2.75, 3.05) is 0 Å². The Bertz CT molecular complexity index is 265. The van der Waals surface area contributed by atoms with E-state index in [1.54, 1.807) is 6.07 Å². The van der Waals surface area contributed by atoms with Gasteiger partial charge in [0.15, 0.2) is 0 Å². The third kappa shape index (κ3) is 2.12. The van der Waals surface area contributed by atoms with Crippen LogP contribution in [-0.2, 0) is 6.42 Å². The van der Waals surface area contributed by atoms with Crippen molar-refractivity contribution in [2.24, 2.45) is 0 Å². The SMILES string of the molecule is CCCCc1ccc(C(=O)O)[nH]1. The molecule has 1 rings (SSSR count). The summed E-state index contributed by atoms with van der Waals surface area (Å²) in [5.74, 6) is -0.891. The molecule has 0 aliphatic heterocycles. The Kier molecular flexibility index (Phi) is 2.91. The highest BCUT2D eigenvalue weighted by atomic mass is 16.4. The number of carboxylic acids is 1. The molecule has 1 aromatic rings. The lowest BCUT2D eigenvalue weighted by Gasteiger charge is -1.93. The third-order valence-electron chi connectivity index (χ3n) is 1.78. The monoisotopic (exact) mass is 167 g/mol. The van der Waals surface area contributed by atoms with Crippen LogP contribution >= 0.6 is 0 Å². The highest BCUT2D eigenvalue weighted by Crippen LogP contribution is 2.05. The van der Waals surface area contributed by atoms with Gasteiger partial charge in [-0.15, -0.1) is 0 Å². The summed E-state index contributed by atoms with van der Waals surface area (Å²) in [6.07, 6.45) is 3.16. The number of aromatic carboxylic acids is 1. The van der Waals surface area contributed by atoms with Gasteiger partial charge in [-0.1, -0.05) is 13.3 Å². The van der Waals surface area contributed by atoms with E-state index >= 15 is 0 Å². The number of carbonyl (C=O) groups is 1. The average molecular weight is 167 g/mol. The normalized spacial score (nSPS) is 10.1. The molecule has 3 heteroatoms. The summed E-state index contributed by atoms with van der Waals surface area (Å²) in [5.41, 5.74) is 1.29. The summed E-state index contributed by atoms with van der Waals surface area (Å²) < 4.78 is 0. The topological polar surface area (TPSA) is 53.1 Å². The second kappa shape index (κ2) is 3.95. The fourth-order valence-electron chi connectivity index (χ4n) is 1.08. The number of hydrogen-bond acceptors (Lipinski definition) is 1. The molecule has 0 saturated heterocycles. The fourth-order valence-corrected chi connectivity index (χ4v) is 1.08. The summed E-state index contributed by atoms with van der Waals surface area (Å²) in [7, 11) is 0. The molecule has 0 aromatic carbocycles. The summed E-state index contributed by atoms with van der Waals surface area (Å²) in [5, 5.41) is 8.59. The quantitative estimate of drug-likeness (QED) is 0.721. The van der Waals surface area contributed by atoms with E-state index in [-0.39, 0.29) is 5.69 Å². The van der Waals surface area contributed by atoms with E-state index in [0.29, 0.717) is 0 Å². The first-order valence-electron chi connectivity index (χ1n) is 4.15. The van der Waals surface area contributed by atoms with Crippen LogP contribution in [0, 0.1) is 0 Å². The van der Waals surface area contributed by atoms with Crippen LogP contribution in [0.3, 0.4) is 0 Å². The van der Waals surface area contributed by atoms with Crippen molar-refractivity contribution in [1.29, 1.82) is 0 Å². The Morgan fingerprint density at radius 2 is 2.33 bits per heavy atom. The minimum Gasteiger partial charge on any atom is -0.477 e. The summed E-state index contributed by atoms with van der Waals surface area (Å²) >= 11 is 0. The van der Waals surface area contributed by atoms with E-state index in [1.807, 2.05) is 6.07 Å². The number of unbranched alkanes of at least 4 members (excludes halogenated alkanes) is 1. The molecule has 0 fully saturated rings. The average Bonchev–Trinajstić information content (AvgIpc) is 2.48. The van der Waals surface area contributed by atoms with Gasteiger partial charge < -0.3 is 10.1 Å². The molecule has 0 atom stereocenters. The molecule has 1 aromatic heterocycles. The van der Waals surface area contributed by atoms with Crippen LogP contribution in [0.5, 0.6) is 0 Å². The zero-order valence-corrected chi connectivity index (χ0v) is 7.13. The molecule has 0 radical (unpaired) electrons. The van der Waals surface area contributed by atoms with Gasteiger partial charge in [0.2, 0.25) is 0 Å². The molecular weight excluding hydrogens is 154 g/mol. The molecule has 0 aliphatic rings. The maximum absolute atomic E-state index is 10.5. The van der Waals surface area contributed by atoms with Crippen molar-refractivity contribution in [1.82, 2.24) is 4.98 Å². The summed E-state index contributed by atoms with van der Waals surface area (Å²) in [4.78, 5) is 13.3. The van der Waals surface area contributed by atoms with Gasteiger partial charge in [-0.2, -0.15) is 0 Å². The fraction of sp³-hybridized carbons (Fsp3) is 0.444. The lowest BCUT2D eigenvalue weighted by Crippen LogP contribution is -1.96. The predicted octanol–water partition coefficient (Wildman–Crippen LogP) is 2.06. The van der Waals surface area contributed by atoms with E-state index in [2.05, 4.69) is 11.9 Å². The van der Waals surface area contributed by atoms with Crippen LogP contribution in [0.25, 0.3) is 0 Å². The largest absolute Gasteiger partial charge is 0.477 e. The van der Waals surface area contributed by atoms with Gasteiger partial charge in [0.05, 0.1) is 0 Å². The van der Waals surface area contributed by atoms with Crippen molar-refractivity contribution in [3.63, 3.8) is 0 Å². The van der Waals surface area contributed by atoms with Crippen LogP contribution in [-0.4, -0.2) is 16.1 Å². The molecule has 0 amide bonds. The van der Waals surface area contributed by atoms with Crippen molar-refractivity contribution in [2.45, 2.75) is 26.2 Å². The van der Waals surface area contributed by atoms with Gasteiger partial charge in [-0.3, -0.25) is 0 Å². The van der Waals surface area contributed by atoms with Crippen LogP contribution in [0.2, 0.25) is 0 Å². The Labute approximate surface area is 71.4 Å². The highest BCUT2D eigenvalue weighted by molar-refractivity contribution is 5.85. The number of H-pyrrole nitrogens is 1. The molecule has 2 N–H and O–H groups in total. The number of nitrogens with one attached hydrogen (secondary N) is 1. The molecule has 0 spiro atoms. The summed E-state index contributed by atoms with van der Waals surface area (Å²) in [6, 6.07) is 3.44. The molecule has 3 nitrogen and oxygen atoms in total. The third-order valence-corrected chi connectivity index (χ3v) is 1.78. The standard InChI is InChI=1S/C9H13NO2/c1-2-3-4-7-5-6-8(10-7)9(11)12/h5-6,10H,2-4H2,1H3,(H,11,12).